The molecule has 21 heavy (non-hydrogen) atoms. The van der Waals surface area contributed by atoms with Crippen molar-refractivity contribution < 1.29 is 8.42 Å². The van der Waals surface area contributed by atoms with Crippen LogP contribution in [-0.4, -0.2) is 36.0 Å². The Hall–Kier alpha value is -1.44. The monoisotopic (exact) mass is 308 g/mol. The fourth-order valence-corrected chi connectivity index (χ4v) is 3.81. The van der Waals surface area contributed by atoms with Crippen LogP contribution < -0.4 is 10.5 Å². The van der Waals surface area contributed by atoms with Gasteiger partial charge in [-0.25, -0.2) is 13.6 Å². The summed E-state index contributed by atoms with van der Waals surface area (Å²) in [6.45, 7) is 0.425. The number of primary sulfonamides is 1. The standard InChI is InChI=1S/C14H20N4O2S/c1-18-14-5-3-2-4-12(14)13(17-18)8-10-6-7-11(9-16-10)21(15,19)20/h2-5,10-11,16H,6-9H2,1H3,(H2,15,19,20). The molecule has 2 unspecified atom stereocenters. The summed E-state index contributed by atoms with van der Waals surface area (Å²) in [5, 5.41) is 13.8. The largest absolute Gasteiger partial charge is 0.312 e. The van der Waals surface area contributed by atoms with Gasteiger partial charge >= 0.3 is 0 Å². The molecule has 6 nitrogen and oxygen atoms in total. The van der Waals surface area contributed by atoms with E-state index in [9.17, 15) is 8.42 Å². The lowest BCUT2D eigenvalue weighted by Crippen LogP contribution is -2.47. The summed E-state index contributed by atoms with van der Waals surface area (Å²) < 4.78 is 24.6. The van der Waals surface area contributed by atoms with Gasteiger partial charge in [0.15, 0.2) is 0 Å². The Morgan fingerprint density at radius 2 is 2.14 bits per heavy atom. The number of hydrogen-bond donors (Lipinski definition) is 2. The Morgan fingerprint density at radius 3 is 2.81 bits per heavy atom. The number of rotatable bonds is 3. The van der Waals surface area contributed by atoms with Crippen molar-refractivity contribution in [3.63, 3.8) is 0 Å². The van der Waals surface area contributed by atoms with Gasteiger partial charge in [-0.3, -0.25) is 4.68 Å². The number of aromatic nitrogens is 2. The first-order chi connectivity index (χ1) is 9.95. The van der Waals surface area contributed by atoms with Gasteiger partial charge in [-0.2, -0.15) is 5.10 Å². The molecule has 0 saturated carbocycles. The van der Waals surface area contributed by atoms with Crippen LogP contribution in [0.25, 0.3) is 10.9 Å². The Kier molecular flexibility index (Phi) is 3.73. The maximum atomic E-state index is 11.4. The number of nitrogens with one attached hydrogen (secondary N) is 1. The molecule has 0 amide bonds. The predicted octanol–water partition coefficient (Wildman–Crippen LogP) is 0.525. The summed E-state index contributed by atoms with van der Waals surface area (Å²) in [6, 6.07) is 8.40. The van der Waals surface area contributed by atoms with Crippen LogP contribution in [0.4, 0.5) is 0 Å². The lowest BCUT2D eigenvalue weighted by molar-refractivity contribution is 0.394. The van der Waals surface area contributed by atoms with Gasteiger partial charge in [0, 0.05) is 31.4 Å². The molecule has 0 aliphatic carbocycles. The molecule has 0 bridgehead atoms. The van der Waals surface area contributed by atoms with Crippen LogP contribution in [0, 0.1) is 0 Å². The van der Waals surface area contributed by atoms with Crippen molar-refractivity contribution in [3.8, 4) is 0 Å². The molecular formula is C14H20N4O2S. The Bertz CT molecular complexity index is 745. The van der Waals surface area contributed by atoms with E-state index in [1.165, 1.54) is 0 Å². The predicted molar refractivity (Wildman–Crippen MR) is 82.3 cm³/mol. The number of para-hydroxylation sites is 1. The summed E-state index contributed by atoms with van der Waals surface area (Å²) in [5.41, 5.74) is 2.17. The van der Waals surface area contributed by atoms with Crippen molar-refractivity contribution in [2.45, 2.75) is 30.6 Å². The zero-order chi connectivity index (χ0) is 15.0. The molecule has 2 heterocycles. The highest BCUT2D eigenvalue weighted by atomic mass is 32.2. The van der Waals surface area contributed by atoms with Gasteiger partial charge in [-0.1, -0.05) is 18.2 Å². The van der Waals surface area contributed by atoms with Crippen molar-refractivity contribution in [1.29, 1.82) is 0 Å². The topological polar surface area (TPSA) is 90.0 Å². The van der Waals surface area contributed by atoms with Crippen LogP contribution in [0.1, 0.15) is 18.5 Å². The van der Waals surface area contributed by atoms with Crippen molar-refractivity contribution >= 4 is 20.9 Å². The molecule has 2 aromatic rings. The molecule has 1 aliphatic rings. The van der Waals surface area contributed by atoms with Gasteiger partial charge in [0.1, 0.15) is 0 Å². The number of nitrogens with two attached hydrogens (primary N) is 1. The van der Waals surface area contributed by atoms with Crippen molar-refractivity contribution in [2.24, 2.45) is 12.2 Å². The first-order valence-electron chi connectivity index (χ1n) is 7.11. The van der Waals surface area contributed by atoms with E-state index >= 15 is 0 Å². The number of sulfonamides is 1. The van der Waals surface area contributed by atoms with Gasteiger partial charge in [0.25, 0.3) is 0 Å². The third-order valence-corrected chi connectivity index (χ3v) is 5.54. The van der Waals surface area contributed by atoms with Crippen LogP contribution in [0.3, 0.4) is 0 Å². The first kappa shape index (κ1) is 14.5. The van der Waals surface area contributed by atoms with Gasteiger partial charge in [-0.15, -0.1) is 0 Å². The van der Waals surface area contributed by atoms with Crippen LogP contribution in [0.5, 0.6) is 0 Å². The highest BCUT2D eigenvalue weighted by Crippen LogP contribution is 2.21. The van der Waals surface area contributed by atoms with E-state index < -0.39 is 15.3 Å². The number of hydrogen-bond acceptors (Lipinski definition) is 4. The van der Waals surface area contributed by atoms with Crippen molar-refractivity contribution in [3.05, 3.63) is 30.0 Å². The molecule has 1 aromatic carbocycles. The molecule has 1 aromatic heterocycles. The normalized spacial score (nSPS) is 23.5. The maximum Gasteiger partial charge on any atom is 0.213 e. The zero-order valence-electron chi connectivity index (χ0n) is 12.0. The fourth-order valence-electron chi connectivity index (χ4n) is 3.02. The molecule has 3 N–H and O–H groups in total. The molecule has 0 radical (unpaired) electrons. The van der Waals surface area contributed by atoms with E-state index in [-0.39, 0.29) is 6.04 Å². The second kappa shape index (κ2) is 5.40. The van der Waals surface area contributed by atoms with Crippen LogP contribution in [0.2, 0.25) is 0 Å². The average Bonchev–Trinajstić information content (AvgIpc) is 2.76. The van der Waals surface area contributed by atoms with E-state index in [4.69, 9.17) is 5.14 Å². The Labute approximate surface area is 124 Å². The number of nitrogens with zero attached hydrogens (tertiary/aromatic N) is 2. The van der Waals surface area contributed by atoms with E-state index in [0.29, 0.717) is 13.0 Å². The third-order valence-electron chi connectivity index (χ3n) is 4.21. The summed E-state index contributed by atoms with van der Waals surface area (Å²) in [5.74, 6) is 0. The molecule has 2 atom stereocenters. The van der Waals surface area contributed by atoms with E-state index in [1.807, 2.05) is 23.9 Å². The number of fused-ring (bicyclic) bond motifs is 1. The van der Waals surface area contributed by atoms with Crippen LogP contribution in [-0.2, 0) is 23.5 Å². The summed E-state index contributed by atoms with van der Waals surface area (Å²) in [7, 11) is -1.49. The van der Waals surface area contributed by atoms with E-state index in [1.54, 1.807) is 0 Å². The number of benzene rings is 1. The molecular weight excluding hydrogens is 288 g/mol. The average molecular weight is 308 g/mol. The van der Waals surface area contributed by atoms with Gasteiger partial charge in [0.05, 0.1) is 16.5 Å². The summed E-state index contributed by atoms with van der Waals surface area (Å²) in [4.78, 5) is 0. The highest BCUT2D eigenvalue weighted by molar-refractivity contribution is 7.89. The fraction of sp³-hybridized carbons (Fsp3) is 0.500. The van der Waals surface area contributed by atoms with E-state index in [2.05, 4.69) is 22.5 Å². The summed E-state index contributed by atoms with van der Waals surface area (Å²) >= 11 is 0. The minimum atomic E-state index is -3.43. The second-order valence-electron chi connectivity index (χ2n) is 5.69. The highest BCUT2D eigenvalue weighted by Gasteiger charge is 2.28. The Balaban J connectivity index is 1.73. The maximum absolute atomic E-state index is 11.4. The lowest BCUT2D eigenvalue weighted by Gasteiger charge is -2.28. The molecule has 0 spiro atoms. The molecule has 1 saturated heterocycles. The zero-order valence-corrected chi connectivity index (χ0v) is 12.8. The lowest BCUT2D eigenvalue weighted by atomic mass is 9.99. The van der Waals surface area contributed by atoms with Gasteiger partial charge in [-0.05, 0) is 18.9 Å². The number of piperidine rings is 1. The van der Waals surface area contributed by atoms with Gasteiger partial charge in [0.2, 0.25) is 10.0 Å². The Morgan fingerprint density at radius 1 is 1.38 bits per heavy atom. The SMILES string of the molecule is Cn1nc(CC2CCC(S(N)(=O)=O)CN2)c2ccccc21. The van der Waals surface area contributed by atoms with Crippen LogP contribution >= 0.6 is 0 Å². The molecule has 3 rings (SSSR count). The van der Waals surface area contributed by atoms with E-state index in [0.717, 1.165) is 29.4 Å². The molecule has 1 aliphatic heterocycles. The molecule has 1 fully saturated rings. The van der Waals surface area contributed by atoms with Crippen molar-refractivity contribution in [2.75, 3.05) is 6.54 Å². The third kappa shape index (κ3) is 2.95. The van der Waals surface area contributed by atoms with Crippen LogP contribution in [0.15, 0.2) is 24.3 Å². The smallest absolute Gasteiger partial charge is 0.213 e. The summed E-state index contributed by atoms with van der Waals surface area (Å²) in [6.07, 6.45) is 2.21. The first-order valence-corrected chi connectivity index (χ1v) is 8.71. The van der Waals surface area contributed by atoms with Crippen molar-refractivity contribution in [1.82, 2.24) is 15.1 Å². The molecule has 7 heteroatoms. The second-order valence-corrected chi connectivity index (χ2v) is 7.53. The molecule has 114 valence electrons. The van der Waals surface area contributed by atoms with Gasteiger partial charge < -0.3 is 5.32 Å². The quantitative estimate of drug-likeness (QED) is 0.865. The minimum Gasteiger partial charge on any atom is -0.312 e. The minimum absolute atomic E-state index is 0.251. The number of aryl methyl sites for hydroxylation is 1.